The maximum Gasteiger partial charge on any atom is 0.266 e. The summed E-state index contributed by atoms with van der Waals surface area (Å²) in [5.74, 6) is 0.511. The first kappa shape index (κ1) is 25.1. The van der Waals surface area contributed by atoms with Crippen molar-refractivity contribution in [3.63, 3.8) is 0 Å². The molecular weight excluding hydrogens is 518 g/mol. The fraction of sp³-hybridized carbons (Fsp3) is 0.276. The van der Waals surface area contributed by atoms with Crippen LogP contribution in [0.4, 0.5) is 0 Å². The van der Waals surface area contributed by atoms with Crippen molar-refractivity contribution < 1.29 is 14.1 Å². The number of aryl methyl sites for hydroxylation is 1. The van der Waals surface area contributed by atoms with Gasteiger partial charge in [0, 0.05) is 47.7 Å². The second-order valence-electron chi connectivity index (χ2n) is 9.75. The minimum Gasteiger partial charge on any atom is -0.459 e. The van der Waals surface area contributed by atoms with E-state index >= 15 is 0 Å². The van der Waals surface area contributed by atoms with Gasteiger partial charge in [-0.05, 0) is 56.9 Å². The van der Waals surface area contributed by atoms with E-state index < -0.39 is 6.10 Å². The molecule has 0 aliphatic heterocycles. The zero-order valence-corrected chi connectivity index (χ0v) is 22.0. The number of ether oxygens (including phenoxy) is 1. The summed E-state index contributed by atoms with van der Waals surface area (Å²) >= 11 is 6.59. The van der Waals surface area contributed by atoms with Crippen LogP contribution in [-0.2, 0) is 4.79 Å². The first-order valence-corrected chi connectivity index (χ1v) is 13.3. The Morgan fingerprint density at radius 1 is 1.13 bits per heavy atom. The Balaban J connectivity index is 1.31. The number of nitrogens with one attached hydrogen (secondary N) is 1. The van der Waals surface area contributed by atoms with Gasteiger partial charge >= 0.3 is 0 Å². The molecule has 1 saturated carbocycles. The third-order valence-corrected chi connectivity index (χ3v) is 7.56. The molecule has 4 aromatic heterocycles. The minimum absolute atomic E-state index is 0.148. The average molecular weight is 544 g/mol. The van der Waals surface area contributed by atoms with Crippen molar-refractivity contribution in [3.8, 4) is 5.88 Å². The zero-order valence-electron chi connectivity index (χ0n) is 21.2. The van der Waals surface area contributed by atoms with Gasteiger partial charge in [0.15, 0.2) is 0 Å². The van der Waals surface area contributed by atoms with E-state index in [1.165, 1.54) is 0 Å². The lowest BCUT2D eigenvalue weighted by Gasteiger charge is -2.32. The third kappa shape index (κ3) is 4.74. The molecule has 39 heavy (non-hydrogen) atoms. The number of pyridine rings is 3. The summed E-state index contributed by atoms with van der Waals surface area (Å²) in [5, 5.41) is 8.94. The second-order valence-corrected chi connectivity index (χ2v) is 10.2. The molecule has 0 bridgehead atoms. The first-order valence-electron chi connectivity index (χ1n) is 12.9. The van der Waals surface area contributed by atoms with E-state index in [-0.39, 0.29) is 23.6 Å². The molecule has 3 atom stereocenters. The van der Waals surface area contributed by atoms with Gasteiger partial charge in [-0.25, -0.2) is 4.98 Å². The maximum atomic E-state index is 13.8. The molecule has 9 nitrogen and oxygen atoms in total. The molecule has 10 heteroatoms. The van der Waals surface area contributed by atoms with Crippen LogP contribution in [0, 0.1) is 6.92 Å². The molecule has 3 unspecified atom stereocenters. The summed E-state index contributed by atoms with van der Waals surface area (Å²) in [5.41, 5.74) is 1.64. The van der Waals surface area contributed by atoms with E-state index in [1.807, 2.05) is 12.1 Å². The largest absolute Gasteiger partial charge is 0.459 e. The molecule has 1 fully saturated rings. The molecule has 1 N–H and O–H groups in total. The van der Waals surface area contributed by atoms with Crippen LogP contribution >= 0.6 is 11.6 Å². The number of hydrogen-bond acceptors (Lipinski definition) is 7. The van der Waals surface area contributed by atoms with E-state index in [0.29, 0.717) is 50.5 Å². The van der Waals surface area contributed by atoms with Crippen molar-refractivity contribution >= 4 is 39.3 Å². The molecule has 0 radical (unpaired) electrons. The monoisotopic (exact) mass is 543 g/mol. The molecule has 0 spiro atoms. The highest BCUT2D eigenvalue weighted by molar-refractivity contribution is 6.37. The van der Waals surface area contributed by atoms with Gasteiger partial charge in [0.2, 0.25) is 12.0 Å². The van der Waals surface area contributed by atoms with Gasteiger partial charge in [0.05, 0.1) is 10.5 Å². The summed E-state index contributed by atoms with van der Waals surface area (Å²) in [6.45, 7) is 1.73. The molecular formula is C29H26ClN5O4. The summed E-state index contributed by atoms with van der Waals surface area (Å²) < 4.78 is 13.2. The van der Waals surface area contributed by atoms with Gasteiger partial charge in [-0.3, -0.25) is 14.6 Å². The number of fused-ring (bicyclic) bond motifs is 3. The van der Waals surface area contributed by atoms with Crippen LogP contribution < -0.4 is 15.6 Å². The van der Waals surface area contributed by atoms with E-state index in [2.05, 4.69) is 20.4 Å². The Labute approximate surface area is 228 Å². The molecule has 0 saturated heterocycles. The van der Waals surface area contributed by atoms with Gasteiger partial charge in [0.1, 0.15) is 16.7 Å². The SMILES string of the molecule is Cc1onc2c1c(=O)n(C1CCCC(NC(=O)C(Oc3ccccn3)c3cccnc3)C1)c1cccc(Cl)c21. The summed E-state index contributed by atoms with van der Waals surface area (Å²) in [6, 6.07) is 14.0. The molecule has 198 valence electrons. The van der Waals surface area contributed by atoms with Crippen molar-refractivity contribution in [3.05, 3.63) is 93.8 Å². The zero-order chi connectivity index (χ0) is 26.9. The second kappa shape index (κ2) is 10.5. The van der Waals surface area contributed by atoms with Crippen LogP contribution in [0.5, 0.6) is 5.88 Å². The number of carbonyl (C=O) groups excluding carboxylic acids is 1. The van der Waals surface area contributed by atoms with Gasteiger partial charge < -0.3 is 19.1 Å². The lowest BCUT2D eigenvalue weighted by atomic mass is 9.90. The van der Waals surface area contributed by atoms with Crippen LogP contribution in [0.25, 0.3) is 21.8 Å². The number of hydrogen-bond donors (Lipinski definition) is 1. The van der Waals surface area contributed by atoms with Gasteiger partial charge in [-0.15, -0.1) is 0 Å². The summed E-state index contributed by atoms with van der Waals surface area (Å²) in [7, 11) is 0. The highest BCUT2D eigenvalue weighted by atomic mass is 35.5. The van der Waals surface area contributed by atoms with Crippen LogP contribution in [0.1, 0.15) is 49.2 Å². The van der Waals surface area contributed by atoms with Crippen molar-refractivity contribution in [1.29, 1.82) is 0 Å². The fourth-order valence-electron chi connectivity index (χ4n) is 5.48. The number of benzene rings is 1. The average Bonchev–Trinajstić information content (AvgIpc) is 3.34. The summed E-state index contributed by atoms with van der Waals surface area (Å²) in [4.78, 5) is 35.7. The van der Waals surface area contributed by atoms with Crippen LogP contribution in [0.3, 0.4) is 0 Å². The van der Waals surface area contributed by atoms with Crippen molar-refractivity contribution in [2.75, 3.05) is 0 Å². The molecule has 4 heterocycles. The summed E-state index contributed by atoms with van der Waals surface area (Å²) in [6.07, 6.45) is 6.94. The van der Waals surface area contributed by atoms with Gasteiger partial charge in [0.25, 0.3) is 11.5 Å². The van der Waals surface area contributed by atoms with Gasteiger partial charge in [-0.2, -0.15) is 0 Å². The molecule has 1 aliphatic carbocycles. The number of nitrogens with zero attached hydrogens (tertiary/aromatic N) is 4. The molecule has 1 aliphatic rings. The normalized spacial score (nSPS) is 18.2. The minimum atomic E-state index is -0.924. The Morgan fingerprint density at radius 2 is 2.03 bits per heavy atom. The van der Waals surface area contributed by atoms with Crippen LogP contribution in [-0.4, -0.2) is 31.6 Å². The van der Waals surface area contributed by atoms with Crippen LogP contribution in [0.2, 0.25) is 5.02 Å². The van der Waals surface area contributed by atoms with Crippen molar-refractivity contribution in [1.82, 2.24) is 25.0 Å². The molecule has 6 rings (SSSR count). The third-order valence-electron chi connectivity index (χ3n) is 7.24. The highest BCUT2D eigenvalue weighted by Crippen LogP contribution is 2.35. The van der Waals surface area contributed by atoms with E-state index in [9.17, 15) is 9.59 Å². The fourth-order valence-corrected chi connectivity index (χ4v) is 5.74. The lowest BCUT2D eigenvalue weighted by Crippen LogP contribution is -2.43. The van der Waals surface area contributed by atoms with E-state index in [4.69, 9.17) is 20.9 Å². The topological polar surface area (TPSA) is 112 Å². The number of amides is 1. The number of carbonyl (C=O) groups is 1. The smallest absolute Gasteiger partial charge is 0.266 e. The van der Waals surface area contributed by atoms with Crippen molar-refractivity contribution in [2.24, 2.45) is 0 Å². The number of rotatable bonds is 6. The van der Waals surface area contributed by atoms with Gasteiger partial charge in [-0.1, -0.05) is 35.0 Å². The molecule has 5 aromatic rings. The lowest BCUT2D eigenvalue weighted by molar-refractivity contribution is -0.129. The van der Waals surface area contributed by atoms with E-state index in [0.717, 1.165) is 19.3 Å². The Bertz CT molecular complexity index is 1700. The molecule has 1 amide bonds. The van der Waals surface area contributed by atoms with E-state index in [1.54, 1.807) is 66.5 Å². The Morgan fingerprint density at radius 3 is 2.82 bits per heavy atom. The van der Waals surface area contributed by atoms with Crippen molar-refractivity contribution in [2.45, 2.75) is 50.8 Å². The number of halogens is 1. The maximum absolute atomic E-state index is 13.8. The number of aromatic nitrogens is 4. The standard InChI is InChI=1S/C29H26ClN5O4/c1-17-24-26(34-39-17)25-21(30)10-5-11-22(25)35(29(24)37)20-9-4-8-19(15-20)33-28(36)27(18-7-6-13-31-16-18)38-23-12-2-3-14-32-23/h2-3,5-7,10-14,16,19-20,27H,4,8-9,15H2,1H3,(H,33,36). The predicted octanol–water partition coefficient (Wildman–Crippen LogP) is 5.31. The first-order chi connectivity index (χ1) is 19.0. The Kier molecular flexibility index (Phi) is 6.74. The highest BCUT2D eigenvalue weighted by Gasteiger charge is 2.31. The quantitative estimate of drug-likeness (QED) is 0.308. The Hall–Kier alpha value is -4.24. The van der Waals surface area contributed by atoms with Crippen LogP contribution in [0.15, 0.2) is 76.4 Å². The predicted molar refractivity (Wildman–Crippen MR) is 147 cm³/mol. The molecule has 1 aromatic carbocycles.